The van der Waals surface area contributed by atoms with Crippen molar-refractivity contribution in [3.8, 4) is 0 Å². The van der Waals surface area contributed by atoms with E-state index in [4.69, 9.17) is 9.16 Å². The van der Waals surface area contributed by atoms with Gasteiger partial charge < -0.3 is 9.16 Å². The third-order valence-corrected chi connectivity index (χ3v) is 10.0. The van der Waals surface area contributed by atoms with Gasteiger partial charge in [-0.25, -0.2) is 0 Å². The fourth-order valence-corrected chi connectivity index (χ4v) is 4.13. The molecule has 0 aliphatic carbocycles. The van der Waals surface area contributed by atoms with E-state index in [1.54, 1.807) is 0 Å². The third-order valence-electron chi connectivity index (χ3n) is 5.53. The van der Waals surface area contributed by atoms with Gasteiger partial charge in [-0.2, -0.15) is 0 Å². The molecule has 1 aromatic rings. The summed E-state index contributed by atoms with van der Waals surface area (Å²) in [7, 11) is -2.11. The van der Waals surface area contributed by atoms with Crippen LogP contribution in [0, 0.1) is 0 Å². The SMILES string of the molecule is CC(C)(C)[Si](C)(C)O[C@@H]1C[C@H](c2ccccc2)OC(=O)CCCCC1=O. The average Bonchev–Trinajstić information content (AvgIpc) is 2.56. The highest BCUT2D eigenvalue weighted by atomic mass is 28.4. The Labute approximate surface area is 158 Å². The minimum atomic E-state index is -2.11. The van der Waals surface area contributed by atoms with Crippen molar-refractivity contribution in [2.45, 2.75) is 83.2 Å². The molecule has 26 heavy (non-hydrogen) atoms. The van der Waals surface area contributed by atoms with Crippen molar-refractivity contribution in [1.29, 1.82) is 0 Å². The Kier molecular flexibility index (Phi) is 6.80. The van der Waals surface area contributed by atoms with E-state index in [1.807, 2.05) is 30.3 Å². The highest BCUT2D eigenvalue weighted by Gasteiger charge is 2.41. The molecule has 0 bridgehead atoms. The highest BCUT2D eigenvalue weighted by molar-refractivity contribution is 6.74. The van der Waals surface area contributed by atoms with E-state index < -0.39 is 20.5 Å². The maximum atomic E-state index is 12.9. The smallest absolute Gasteiger partial charge is 0.306 e. The summed E-state index contributed by atoms with van der Waals surface area (Å²) >= 11 is 0. The topological polar surface area (TPSA) is 52.6 Å². The quantitative estimate of drug-likeness (QED) is 0.538. The Balaban J connectivity index is 2.29. The zero-order valence-corrected chi connectivity index (χ0v) is 17.7. The summed E-state index contributed by atoms with van der Waals surface area (Å²) in [5.74, 6) is -0.0621. The minimum absolute atomic E-state index is 0.0154. The number of ketones is 1. The highest BCUT2D eigenvalue weighted by Crippen LogP contribution is 2.39. The molecule has 0 spiro atoms. The molecule has 4 nitrogen and oxygen atoms in total. The van der Waals surface area contributed by atoms with Crippen LogP contribution in [0.1, 0.15) is 64.5 Å². The Hall–Kier alpha value is -1.46. The fourth-order valence-electron chi connectivity index (χ4n) is 2.84. The van der Waals surface area contributed by atoms with Gasteiger partial charge in [0.15, 0.2) is 14.1 Å². The maximum absolute atomic E-state index is 12.9. The summed E-state index contributed by atoms with van der Waals surface area (Å²) in [6.07, 6.45) is 1.65. The number of cyclic esters (lactones) is 1. The number of esters is 1. The zero-order valence-electron chi connectivity index (χ0n) is 16.7. The van der Waals surface area contributed by atoms with Gasteiger partial charge in [-0.3, -0.25) is 9.59 Å². The summed E-state index contributed by atoms with van der Waals surface area (Å²) in [5, 5.41) is 0.0154. The maximum Gasteiger partial charge on any atom is 0.306 e. The van der Waals surface area contributed by atoms with Crippen molar-refractivity contribution in [1.82, 2.24) is 0 Å². The van der Waals surface area contributed by atoms with Gasteiger partial charge in [0.25, 0.3) is 0 Å². The number of ether oxygens (including phenoxy) is 1. The van der Waals surface area contributed by atoms with E-state index in [2.05, 4.69) is 33.9 Å². The van der Waals surface area contributed by atoms with Crippen molar-refractivity contribution in [3.05, 3.63) is 35.9 Å². The second-order valence-electron chi connectivity index (χ2n) is 8.67. The molecule has 0 N–H and O–H groups in total. The fraction of sp³-hybridized carbons (Fsp3) is 0.619. The molecule has 1 fully saturated rings. The van der Waals surface area contributed by atoms with Crippen LogP contribution in [-0.2, 0) is 18.8 Å². The molecule has 0 amide bonds. The molecule has 0 radical (unpaired) electrons. The van der Waals surface area contributed by atoms with E-state index in [9.17, 15) is 9.59 Å². The number of hydrogen-bond acceptors (Lipinski definition) is 4. The van der Waals surface area contributed by atoms with Crippen LogP contribution < -0.4 is 0 Å². The lowest BCUT2D eigenvalue weighted by Gasteiger charge is -2.39. The summed E-state index contributed by atoms with van der Waals surface area (Å²) in [5.41, 5.74) is 0.915. The van der Waals surface area contributed by atoms with Crippen molar-refractivity contribution < 1.29 is 18.8 Å². The summed E-state index contributed by atoms with van der Waals surface area (Å²) in [6.45, 7) is 10.8. The monoisotopic (exact) mass is 376 g/mol. The van der Waals surface area contributed by atoms with Gasteiger partial charge in [0.1, 0.15) is 12.2 Å². The Morgan fingerprint density at radius 2 is 1.65 bits per heavy atom. The van der Waals surface area contributed by atoms with E-state index in [1.165, 1.54) is 0 Å². The number of benzene rings is 1. The second-order valence-corrected chi connectivity index (χ2v) is 13.4. The lowest BCUT2D eigenvalue weighted by atomic mass is 9.97. The Morgan fingerprint density at radius 3 is 2.27 bits per heavy atom. The number of carbonyl (C=O) groups excluding carboxylic acids is 2. The molecule has 1 saturated heterocycles. The van der Waals surface area contributed by atoms with E-state index in [0.29, 0.717) is 32.1 Å². The normalized spacial score (nSPS) is 23.4. The van der Waals surface area contributed by atoms with Crippen LogP contribution in [0.2, 0.25) is 18.1 Å². The van der Waals surface area contributed by atoms with Crippen molar-refractivity contribution >= 4 is 20.1 Å². The van der Waals surface area contributed by atoms with Gasteiger partial charge in [-0.05, 0) is 36.5 Å². The van der Waals surface area contributed by atoms with Crippen LogP contribution in [0.15, 0.2) is 30.3 Å². The molecule has 0 saturated carbocycles. The molecular weight excluding hydrogens is 344 g/mol. The molecule has 144 valence electrons. The molecule has 5 heteroatoms. The van der Waals surface area contributed by atoms with Crippen molar-refractivity contribution in [3.63, 3.8) is 0 Å². The third kappa shape index (κ3) is 5.51. The standard InChI is InChI=1S/C21H32O4Si/c1-21(2,3)26(4,5)25-19-15-18(16-11-7-6-8-12-16)24-20(23)14-10-9-13-17(19)22/h6-8,11-12,18-19H,9-10,13-15H2,1-5H3/t18-,19-/m1/s1. The first kappa shape index (κ1) is 20.8. The number of hydrogen-bond donors (Lipinski definition) is 0. The minimum Gasteiger partial charge on any atom is -0.457 e. The molecule has 1 aliphatic heterocycles. The summed E-state index contributed by atoms with van der Waals surface area (Å²) < 4.78 is 12.2. The van der Waals surface area contributed by atoms with Gasteiger partial charge >= 0.3 is 5.97 Å². The van der Waals surface area contributed by atoms with Crippen LogP contribution in [0.3, 0.4) is 0 Å². The Morgan fingerprint density at radius 1 is 1.04 bits per heavy atom. The number of carbonyl (C=O) groups is 2. The van der Waals surface area contributed by atoms with Crippen molar-refractivity contribution in [2.24, 2.45) is 0 Å². The molecular formula is C21H32O4Si. The van der Waals surface area contributed by atoms with Crippen molar-refractivity contribution in [2.75, 3.05) is 0 Å². The van der Waals surface area contributed by atoms with Gasteiger partial charge in [-0.1, -0.05) is 51.1 Å². The van der Waals surface area contributed by atoms with Crippen LogP contribution in [0.5, 0.6) is 0 Å². The predicted octanol–water partition coefficient (Wildman–Crippen LogP) is 5.19. The first-order valence-electron chi connectivity index (χ1n) is 9.55. The van der Waals surface area contributed by atoms with E-state index in [-0.39, 0.29) is 16.8 Å². The lowest BCUT2D eigenvalue weighted by molar-refractivity contribution is -0.153. The van der Waals surface area contributed by atoms with Crippen LogP contribution >= 0.6 is 0 Å². The summed E-state index contributed by atoms with van der Waals surface area (Å²) in [6, 6.07) is 9.66. The van der Waals surface area contributed by atoms with E-state index in [0.717, 1.165) is 5.56 Å². The van der Waals surface area contributed by atoms with Gasteiger partial charge in [0.2, 0.25) is 0 Å². The van der Waals surface area contributed by atoms with Gasteiger partial charge in [0, 0.05) is 19.3 Å². The Bertz CT molecular complexity index is 619. The molecule has 2 atom stereocenters. The first-order valence-corrected chi connectivity index (χ1v) is 12.5. The number of Topliss-reactive ketones (excluding diaryl/α,β-unsaturated/α-hetero) is 1. The van der Waals surface area contributed by atoms with Crippen LogP contribution in [0.4, 0.5) is 0 Å². The second kappa shape index (κ2) is 8.48. The van der Waals surface area contributed by atoms with Gasteiger partial charge in [-0.15, -0.1) is 0 Å². The molecule has 2 rings (SSSR count). The molecule has 0 aromatic heterocycles. The van der Waals surface area contributed by atoms with Crippen LogP contribution in [-0.4, -0.2) is 26.2 Å². The van der Waals surface area contributed by atoms with Gasteiger partial charge in [0.05, 0.1) is 0 Å². The van der Waals surface area contributed by atoms with Crippen LogP contribution in [0.25, 0.3) is 0 Å². The van der Waals surface area contributed by atoms with E-state index >= 15 is 0 Å². The average molecular weight is 377 g/mol. The first-order chi connectivity index (χ1) is 12.1. The zero-order chi connectivity index (χ0) is 19.4. The molecule has 1 aromatic carbocycles. The lowest BCUT2D eigenvalue weighted by Crippen LogP contribution is -2.46. The molecule has 0 unspecified atom stereocenters. The largest absolute Gasteiger partial charge is 0.457 e. The molecule has 1 heterocycles. The predicted molar refractivity (Wildman–Crippen MR) is 105 cm³/mol. The summed E-state index contributed by atoms with van der Waals surface area (Å²) in [4.78, 5) is 25.0. The molecule has 1 aliphatic rings. The number of rotatable bonds is 3.